The van der Waals surface area contributed by atoms with Crippen molar-refractivity contribution in [3.05, 3.63) is 29.8 Å². The molecule has 3 rings (SSSR count). The quantitative estimate of drug-likeness (QED) is 0.837. The van der Waals surface area contributed by atoms with Gasteiger partial charge in [0.2, 0.25) is 5.91 Å². The van der Waals surface area contributed by atoms with E-state index in [4.69, 9.17) is 0 Å². The van der Waals surface area contributed by atoms with Gasteiger partial charge < -0.3 is 10.4 Å². The number of hydrogen-bond donors (Lipinski definition) is 2. The lowest BCUT2D eigenvalue weighted by Gasteiger charge is -2.27. The molecule has 1 amide bonds. The highest BCUT2D eigenvalue weighted by atomic mass is 16.4. The minimum atomic E-state index is -0.862. The number of fused-ring (bicyclic) bond motifs is 2. The third-order valence-corrected chi connectivity index (χ3v) is 5.06. The van der Waals surface area contributed by atoms with Crippen LogP contribution < -0.4 is 5.32 Å². The summed E-state index contributed by atoms with van der Waals surface area (Å²) in [5.74, 6) is -1.79. The lowest BCUT2D eigenvalue weighted by Crippen LogP contribution is -2.37. The van der Waals surface area contributed by atoms with Crippen molar-refractivity contribution in [2.24, 2.45) is 23.7 Å². The van der Waals surface area contributed by atoms with E-state index in [0.717, 1.165) is 19.3 Å². The SMILES string of the molecule is CC(=O)c1ccc(NC(=O)[C@@H]2[C@H]3CC[C@@H](C3)[C@@H]2C(=O)O)cc1. The minimum Gasteiger partial charge on any atom is -0.481 e. The largest absolute Gasteiger partial charge is 0.481 e. The molecule has 2 N–H and O–H groups in total. The molecule has 0 aromatic heterocycles. The van der Waals surface area contributed by atoms with Crippen LogP contribution in [0.15, 0.2) is 24.3 Å². The molecule has 2 aliphatic rings. The second-order valence-electron chi connectivity index (χ2n) is 6.35. The van der Waals surface area contributed by atoms with E-state index in [1.165, 1.54) is 6.92 Å². The van der Waals surface area contributed by atoms with Gasteiger partial charge in [-0.25, -0.2) is 0 Å². The van der Waals surface area contributed by atoms with Crippen molar-refractivity contribution in [1.82, 2.24) is 0 Å². The predicted octanol–water partition coefficient (Wildman–Crippen LogP) is 2.57. The van der Waals surface area contributed by atoms with Crippen LogP contribution in [0.3, 0.4) is 0 Å². The van der Waals surface area contributed by atoms with Crippen molar-refractivity contribution >= 4 is 23.3 Å². The average molecular weight is 301 g/mol. The Hall–Kier alpha value is -2.17. The molecular weight excluding hydrogens is 282 g/mol. The van der Waals surface area contributed by atoms with Gasteiger partial charge in [0, 0.05) is 11.3 Å². The molecule has 0 spiro atoms. The Morgan fingerprint density at radius 3 is 2.18 bits per heavy atom. The Labute approximate surface area is 128 Å². The maximum atomic E-state index is 12.5. The second-order valence-corrected chi connectivity index (χ2v) is 6.35. The highest BCUT2D eigenvalue weighted by molar-refractivity contribution is 5.97. The van der Waals surface area contributed by atoms with Gasteiger partial charge in [0.15, 0.2) is 5.78 Å². The number of hydrogen-bond acceptors (Lipinski definition) is 3. The normalized spacial score (nSPS) is 29.3. The number of rotatable bonds is 4. The monoisotopic (exact) mass is 301 g/mol. The summed E-state index contributed by atoms with van der Waals surface area (Å²) in [6.07, 6.45) is 2.70. The standard InChI is InChI=1S/C17H19NO4/c1-9(19)10-4-6-13(7-5-10)18-16(20)14-11-2-3-12(8-11)15(14)17(21)22/h4-7,11-12,14-15H,2-3,8H2,1H3,(H,18,20)(H,21,22)/t11-,12-,14+,15-/m0/s1. The van der Waals surface area contributed by atoms with E-state index < -0.39 is 17.8 Å². The van der Waals surface area contributed by atoms with E-state index in [9.17, 15) is 19.5 Å². The van der Waals surface area contributed by atoms with Crippen LogP contribution >= 0.6 is 0 Å². The van der Waals surface area contributed by atoms with Gasteiger partial charge in [-0.3, -0.25) is 14.4 Å². The molecule has 1 aromatic carbocycles. The van der Waals surface area contributed by atoms with Gasteiger partial charge in [-0.2, -0.15) is 0 Å². The average Bonchev–Trinajstić information content (AvgIpc) is 3.08. The topological polar surface area (TPSA) is 83.5 Å². The Morgan fingerprint density at radius 1 is 1.05 bits per heavy atom. The predicted molar refractivity (Wildman–Crippen MR) is 80.5 cm³/mol. The van der Waals surface area contributed by atoms with Gasteiger partial charge in [-0.05, 0) is 62.3 Å². The van der Waals surface area contributed by atoms with Crippen LogP contribution in [0, 0.1) is 23.7 Å². The van der Waals surface area contributed by atoms with Crippen molar-refractivity contribution in [3.63, 3.8) is 0 Å². The first kappa shape index (κ1) is 14.8. The summed E-state index contributed by atoms with van der Waals surface area (Å²) in [5.41, 5.74) is 1.18. The highest BCUT2D eigenvalue weighted by Gasteiger charge is 2.53. The van der Waals surface area contributed by atoms with Crippen molar-refractivity contribution in [3.8, 4) is 0 Å². The molecule has 2 fully saturated rings. The maximum Gasteiger partial charge on any atom is 0.307 e. The molecule has 0 unspecified atom stereocenters. The summed E-state index contributed by atoms with van der Waals surface area (Å²) in [6.45, 7) is 1.49. The van der Waals surface area contributed by atoms with Gasteiger partial charge in [0.05, 0.1) is 11.8 Å². The van der Waals surface area contributed by atoms with Gasteiger partial charge in [-0.15, -0.1) is 0 Å². The number of carboxylic acids is 1. The van der Waals surface area contributed by atoms with Gasteiger partial charge >= 0.3 is 5.97 Å². The van der Waals surface area contributed by atoms with Crippen molar-refractivity contribution < 1.29 is 19.5 Å². The molecule has 0 aliphatic heterocycles. The number of ketones is 1. The summed E-state index contributed by atoms with van der Waals surface area (Å²) in [7, 11) is 0. The molecule has 0 radical (unpaired) electrons. The van der Waals surface area contributed by atoms with E-state index >= 15 is 0 Å². The van der Waals surface area contributed by atoms with Crippen LogP contribution in [0.4, 0.5) is 5.69 Å². The smallest absolute Gasteiger partial charge is 0.307 e. The van der Waals surface area contributed by atoms with Crippen LogP contribution in [0.25, 0.3) is 0 Å². The van der Waals surface area contributed by atoms with E-state index in [2.05, 4.69) is 5.32 Å². The lowest BCUT2D eigenvalue weighted by atomic mass is 9.78. The first-order valence-corrected chi connectivity index (χ1v) is 7.62. The van der Waals surface area contributed by atoms with Crippen molar-refractivity contribution in [2.75, 3.05) is 5.32 Å². The number of aliphatic carboxylic acids is 1. The number of carbonyl (C=O) groups is 3. The van der Waals surface area contributed by atoms with Crippen LogP contribution in [-0.2, 0) is 9.59 Å². The summed E-state index contributed by atoms with van der Waals surface area (Å²) in [5, 5.41) is 12.2. The lowest BCUT2D eigenvalue weighted by molar-refractivity contribution is -0.148. The zero-order chi connectivity index (χ0) is 15.9. The summed E-state index contributed by atoms with van der Waals surface area (Å²) < 4.78 is 0. The van der Waals surface area contributed by atoms with E-state index in [1.54, 1.807) is 24.3 Å². The molecule has 1 aromatic rings. The van der Waals surface area contributed by atoms with Gasteiger partial charge in [-0.1, -0.05) is 0 Å². The molecule has 4 atom stereocenters. The van der Waals surface area contributed by atoms with E-state index in [-0.39, 0.29) is 23.5 Å². The molecule has 0 saturated heterocycles. The molecule has 0 heterocycles. The number of carbonyl (C=O) groups excluding carboxylic acids is 2. The zero-order valence-corrected chi connectivity index (χ0v) is 12.4. The number of nitrogens with one attached hydrogen (secondary N) is 1. The van der Waals surface area contributed by atoms with Crippen molar-refractivity contribution in [2.45, 2.75) is 26.2 Å². The second kappa shape index (κ2) is 5.55. The Morgan fingerprint density at radius 2 is 1.64 bits per heavy atom. The number of benzene rings is 1. The van der Waals surface area contributed by atoms with Crippen molar-refractivity contribution in [1.29, 1.82) is 0 Å². The van der Waals surface area contributed by atoms with E-state index in [1.807, 2.05) is 0 Å². The number of amides is 1. The zero-order valence-electron chi connectivity index (χ0n) is 12.4. The Balaban J connectivity index is 1.73. The number of Topliss-reactive ketones (excluding diaryl/α,β-unsaturated/α-hetero) is 1. The molecule has 2 bridgehead atoms. The van der Waals surface area contributed by atoms with Gasteiger partial charge in [0.25, 0.3) is 0 Å². The summed E-state index contributed by atoms with van der Waals surface area (Å²) in [6, 6.07) is 6.68. The van der Waals surface area contributed by atoms with Crippen LogP contribution in [0.1, 0.15) is 36.5 Å². The summed E-state index contributed by atoms with van der Waals surface area (Å²) in [4.78, 5) is 35.2. The molecule has 116 valence electrons. The van der Waals surface area contributed by atoms with E-state index in [0.29, 0.717) is 11.3 Å². The molecule has 5 heteroatoms. The molecule has 2 saturated carbocycles. The third-order valence-electron chi connectivity index (χ3n) is 5.06. The Bertz CT molecular complexity index is 622. The fourth-order valence-corrected chi connectivity index (χ4v) is 4.04. The first-order valence-electron chi connectivity index (χ1n) is 7.62. The summed E-state index contributed by atoms with van der Waals surface area (Å²) >= 11 is 0. The molecular formula is C17H19NO4. The fourth-order valence-electron chi connectivity index (χ4n) is 4.04. The number of anilines is 1. The third kappa shape index (κ3) is 2.51. The highest BCUT2D eigenvalue weighted by Crippen LogP contribution is 2.52. The first-order chi connectivity index (χ1) is 10.5. The Kier molecular flexibility index (Phi) is 3.72. The van der Waals surface area contributed by atoms with Gasteiger partial charge in [0.1, 0.15) is 0 Å². The number of carboxylic acid groups (broad SMARTS) is 1. The van der Waals surface area contributed by atoms with Crippen LogP contribution in [-0.4, -0.2) is 22.8 Å². The fraction of sp³-hybridized carbons (Fsp3) is 0.471. The molecule has 2 aliphatic carbocycles. The molecule has 5 nitrogen and oxygen atoms in total. The van der Waals surface area contributed by atoms with Crippen LogP contribution in [0.2, 0.25) is 0 Å². The maximum absolute atomic E-state index is 12.5. The van der Waals surface area contributed by atoms with Crippen LogP contribution in [0.5, 0.6) is 0 Å². The molecule has 22 heavy (non-hydrogen) atoms. The minimum absolute atomic E-state index is 0.0306.